The number of aromatic nitrogens is 2. The van der Waals surface area contributed by atoms with Gasteiger partial charge in [0, 0.05) is 0 Å². The van der Waals surface area contributed by atoms with Gasteiger partial charge in [-0.15, -0.1) is 0 Å². The Labute approximate surface area is 137 Å². The number of nitrogens with one attached hydrogen (secondary N) is 1. The Kier molecular flexibility index (Phi) is 4.12. The predicted molar refractivity (Wildman–Crippen MR) is 87.3 cm³/mol. The van der Waals surface area contributed by atoms with Crippen LogP contribution < -0.4 is 5.56 Å². The topological polar surface area (TPSA) is 72.0 Å². The molecule has 122 valence electrons. The summed E-state index contributed by atoms with van der Waals surface area (Å²) in [5.74, 6) is -0.925. The maximum atomic E-state index is 13.6. The number of hydrogen-bond donors (Lipinski definition) is 1. The van der Waals surface area contributed by atoms with Crippen LogP contribution in [0.4, 0.5) is 4.39 Å². The lowest BCUT2D eigenvalue weighted by atomic mass is 10.1. The molecule has 0 aliphatic rings. The van der Waals surface area contributed by atoms with E-state index in [2.05, 4.69) is 9.97 Å². The van der Waals surface area contributed by atoms with Gasteiger partial charge in [0.2, 0.25) is 0 Å². The van der Waals surface area contributed by atoms with Crippen molar-refractivity contribution < 1.29 is 13.9 Å². The molecule has 2 aromatic carbocycles. The summed E-state index contributed by atoms with van der Waals surface area (Å²) in [4.78, 5) is 31.1. The van der Waals surface area contributed by atoms with Gasteiger partial charge in [0.15, 0.2) is 11.9 Å². The second-order valence-corrected chi connectivity index (χ2v) is 5.48. The molecule has 0 aliphatic heterocycles. The highest BCUT2D eigenvalue weighted by Crippen LogP contribution is 2.17. The molecule has 0 radical (unpaired) electrons. The minimum Gasteiger partial charge on any atom is -0.451 e. The van der Waals surface area contributed by atoms with Crippen LogP contribution in [0.15, 0.2) is 47.3 Å². The number of para-hydroxylation sites is 1. The van der Waals surface area contributed by atoms with Crippen LogP contribution in [0.25, 0.3) is 10.9 Å². The Morgan fingerprint density at radius 2 is 2.00 bits per heavy atom. The number of fused-ring (bicyclic) bond motifs is 1. The van der Waals surface area contributed by atoms with Gasteiger partial charge in [-0.3, -0.25) is 4.79 Å². The van der Waals surface area contributed by atoms with Crippen molar-refractivity contribution in [2.45, 2.75) is 20.0 Å². The third-order valence-electron chi connectivity index (χ3n) is 3.71. The molecule has 5 nitrogen and oxygen atoms in total. The average molecular weight is 326 g/mol. The quantitative estimate of drug-likeness (QED) is 0.750. The van der Waals surface area contributed by atoms with Crippen LogP contribution >= 0.6 is 0 Å². The number of rotatable bonds is 3. The number of aromatic amines is 1. The summed E-state index contributed by atoms with van der Waals surface area (Å²) in [6.07, 6.45) is -0.779. The van der Waals surface area contributed by atoms with E-state index >= 15 is 0 Å². The standard InChI is InChI=1S/C18H15FN2O3/c1-10-7-8-12(9-14(10)19)18(23)24-11(2)16-20-15-6-4-3-5-13(15)17(22)21-16/h3-9,11H,1-2H3,(H,20,21,22)/t11-/m1/s1. The Hall–Kier alpha value is -3.02. The molecule has 0 bridgehead atoms. The molecule has 0 spiro atoms. The molecule has 3 aromatic rings. The molecule has 0 fully saturated rings. The van der Waals surface area contributed by atoms with E-state index in [0.717, 1.165) is 6.07 Å². The summed E-state index contributed by atoms with van der Waals surface area (Å²) in [6, 6.07) is 11.0. The number of esters is 1. The Morgan fingerprint density at radius 1 is 1.25 bits per heavy atom. The zero-order valence-corrected chi connectivity index (χ0v) is 13.2. The van der Waals surface area contributed by atoms with E-state index in [1.165, 1.54) is 12.1 Å². The molecule has 1 aromatic heterocycles. The molecule has 0 unspecified atom stereocenters. The van der Waals surface area contributed by atoms with Gasteiger partial charge in [0.25, 0.3) is 5.56 Å². The fourth-order valence-corrected chi connectivity index (χ4v) is 2.30. The second kappa shape index (κ2) is 6.23. The number of carbonyl (C=O) groups is 1. The molecule has 6 heteroatoms. The highest BCUT2D eigenvalue weighted by atomic mass is 19.1. The number of hydrogen-bond acceptors (Lipinski definition) is 4. The normalized spacial score (nSPS) is 12.1. The molecule has 0 saturated carbocycles. The Bertz CT molecular complexity index is 981. The highest BCUT2D eigenvalue weighted by molar-refractivity contribution is 5.89. The lowest BCUT2D eigenvalue weighted by Crippen LogP contribution is -2.17. The van der Waals surface area contributed by atoms with Crippen LogP contribution in [-0.4, -0.2) is 15.9 Å². The molecule has 1 atom stereocenters. The summed E-state index contributed by atoms with van der Waals surface area (Å²) in [6.45, 7) is 3.20. The summed E-state index contributed by atoms with van der Waals surface area (Å²) >= 11 is 0. The molecule has 1 N–H and O–H groups in total. The number of H-pyrrole nitrogens is 1. The van der Waals surface area contributed by atoms with Crippen LogP contribution in [0, 0.1) is 12.7 Å². The van der Waals surface area contributed by atoms with E-state index in [0.29, 0.717) is 16.5 Å². The third kappa shape index (κ3) is 3.03. The van der Waals surface area contributed by atoms with Crippen LogP contribution in [0.1, 0.15) is 34.8 Å². The highest BCUT2D eigenvalue weighted by Gasteiger charge is 2.17. The van der Waals surface area contributed by atoms with Gasteiger partial charge in [0.1, 0.15) is 5.82 Å². The first-order valence-corrected chi connectivity index (χ1v) is 7.42. The van der Waals surface area contributed by atoms with Crippen molar-refractivity contribution >= 4 is 16.9 Å². The minimum atomic E-state index is -0.779. The first-order valence-electron chi connectivity index (χ1n) is 7.42. The molecular formula is C18H15FN2O3. The fraction of sp³-hybridized carbons (Fsp3) is 0.167. The minimum absolute atomic E-state index is 0.105. The summed E-state index contributed by atoms with van der Waals surface area (Å²) in [5, 5.41) is 0.459. The van der Waals surface area contributed by atoms with E-state index in [9.17, 15) is 14.0 Å². The smallest absolute Gasteiger partial charge is 0.338 e. The van der Waals surface area contributed by atoms with Crippen molar-refractivity contribution in [1.82, 2.24) is 9.97 Å². The first kappa shape index (κ1) is 15.9. The molecular weight excluding hydrogens is 311 g/mol. The lowest BCUT2D eigenvalue weighted by Gasteiger charge is -2.13. The lowest BCUT2D eigenvalue weighted by molar-refractivity contribution is 0.0319. The number of ether oxygens (including phenoxy) is 1. The SMILES string of the molecule is Cc1ccc(C(=O)O[C@H](C)c2nc3ccccc3c(=O)[nH]2)cc1F. The van der Waals surface area contributed by atoms with Crippen LogP contribution in [0.2, 0.25) is 0 Å². The van der Waals surface area contributed by atoms with Gasteiger partial charge in [0.05, 0.1) is 16.5 Å². The zero-order valence-electron chi connectivity index (χ0n) is 13.2. The molecule has 1 heterocycles. The van der Waals surface area contributed by atoms with E-state index in [1.807, 2.05) is 0 Å². The first-order chi connectivity index (χ1) is 11.5. The monoisotopic (exact) mass is 326 g/mol. The number of halogens is 1. The van der Waals surface area contributed by atoms with E-state index < -0.39 is 17.9 Å². The molecule has 0 saturated heterocycles. The largest absolute Gasteiger partial charge is 0.451 e. The van der Waals surface area contributed by atoms with Crippen molar-refractivity contribution in [2.24, 2.45) is 0 Å². The average Bonchev–Trinajstić information content (AvgIpc) is 2.57. The third-order valence-corrected chi connectivity index (χ3v) is 3.71. The Morgan fingerprint density at radius 3 is 2.75 bits per heavy atom. The zero-order chi connectivity index (χ0) is 17.3. The molecule has 0 amide bonds. The van der Waals surface area contributed by atoms with Crippen LogP contribution in [0.5, 0.6) is 0 Å². The van der Waals surface area contributed by atoms with Gasteiger partial charge < -0.3 is 9.72 Å². The summed E-state index contributed by atoms with van der Waals surface area (Å²) < 4.78 is 18.8. The van der Waals surface area contributed by atoms with E-state index in [-0.39, 0.29) is 16.9 Å². The van der Waals surface area contributed by atoms with Crippen LogP contribution in [-0.2, 0) is 4.74 Å². The molecule has 0 aliphatic carbocycles. The van der Waals surface area contributed by atoms with E-state index in [4.69, 9.17) is 4.74 Å². The number of benzene rings is 2. The van der Waals surface area contributed by atoms with E-state index in [1.54, 1.807) is 38.1 Å². The maximum absolute atomic E-state index is 13.6. The fourth-order valence-electron chi connectivity index (χ4n) is 2.30. The van der Waals surface area contributed by atoms with Crippen molar-refractivity contribution in [1.29, 1.82) is 0 Å². The molecule has 24 heavy (non-hydrogen) atoms. The van der Waals surface area contributed by atoms with Gasteiger partial charge in [-0.2, -0.15) is 0 Å². The van der Waals surface area contributed by atoms with Gasteiger partial charge in [-0.25, -0.2) is 14.2 Å². The summed E-state index contributed by atoms with van der Waals surface area (Å²) in [5.41, 5.74) is 0.758. The Balaban J connectivity index is 1.86. The number of nitrogens with zero attached hydrogens (tertiary/aromatic N) is 1. The number of aryl methyl sites for hydroxylation is 1. The van der Waals surface area contributed by atoms with Crippen molar-refractivity contribution in [3.8, 4) is 0 Å². The van der Waals surface area contributed by atoms with Gasteiger partial charge in [-0.05, 0) is 43.7 Å². The molecule has 3 rings (SSSR count). The van der Waals surface area contributed by atoms with Crippen molar-refractivity contribution in [2.75, 3.05) is 0 Å². The van der Waals surface area contributed by atoms with Crippen LogP contribution in [0.3, 0.4) is 0 Å². The maximum Gasteiger partial charge on any atom is 0.338 e. The summed E-state index contributed by atoms with van der Waals surface area (Å²) in [7, 11) is 0. The van der Waals surface area contributed by atoms with Crippen molar-refractivity contribution in [3.05, 3.63) is 75.6 Å². The van der Waals surface area contributed by atoms with Crippen molar-refractivity contribution in [3.63, 3.8) is 0 Å². The van der Waals surface area contributed by atoms with Gasteiger partial charge >= 0.3 is 5.97 Å². The van der Waals surface area contributed by atoms with Gasteiger partial charge in [-0.1, -0.05) is 18.2 Å². The number of carbonyl (C=O) groups excluding carboxylic acids is 1. The predicted octanol–water partition coefficient (Wildman–Crippen LogP) is 3.29. The second-order valence-electron chi connectivity index (χ2n) is 5.48.